The molecule has 10 heteroatoms. The molecule has 1 aliphatic carbocycles. The predicted molar refractivity (Wildman–Crippen MR) is 125 cm³/mol. The second-order valence-corrected chi connectivity index (χ2v) is 8.75. The molecule has 2 aromatic carbocycles. The minimum atomic E-state index is -1.48. The van der Waals surface area contributed by atoms with Crippen molar-refractivity contribution in [2.75, 3.05) is 25.5 Å². The van der Waals surface area contributed by atoms with Gasteiger partial charge in [0.1, 0.15) is 12.4 Å². The lowest BCUT2D eigenvalue weighted by atomic mass is 9.99. The molecule has 9 nitrogen and oxygen atoms in total. The smallest absolute Gasteiger partial charge is 0.414 e. The van der Waals surface area contributed by atoms with Gasteiger partial charge < -0.3 is 20.6 Å². The topological polar surface area (TPSA) is 119 Å². The van der Waals surface area contributed by atoms with Crippen LogP contribution >= 0.6 is 0 Å². The van der Waals surface area contributed by atoms with E-state index in [1.165, 1.54) is 24.1 Å². The zero-order valence-electron chi connectivity index (χ0n) is 19.3. The Morgan fingerprint density at radius 3 is 2.63 bits per heavy atom. The highest BCUT2D eigenvalue weighted by molar-refractivity contribution is 5.99. The number of aryl methyl sites for hydroxylation is 2. The molecule has 2 aliphatic rings. The van der Waals surface area contributed by atoms with Crippen molar-refractivity contribution in [3.8, 4) is 0 Å². The van der Waals surface area contributed by atoms with Crippen LogP contribution in [0.15, 0.2) is 36.4 Å². The first-order chi connectivity index (χ1) is 16.8. The van der Waals surface area contributed by atoms with Crippen molar-refractivity contribution in [2.24, 2.45) is 0 Å². The van der Waals surface area contributed by atoms with Crippen LogP contribution in [-0.4, -0.2) is 59.0 Å². The van der Waals surface area contributed by atoms with Crippen molar-refractivity contribution < 1.29 is 28.7 Å². The highest BCUT2D eigenvalue weighted by Crippen LogP contribution is 2.36. The zero-order valence-corrected chi connectivity index (χ0v) is 19.3. The van der Waals surface area contributed by atoms with E-state index < -0.39 is 30.4 Å². The molecule has 0 saturated carbocycles. The van der Waals surface area contributed by atoms with Gasteiger partial charge in [-0.1, -0.05) is 12.1 Å². The minimum Gasteiger partial charge on any atom is -0.465 e. The quantitative estimate of drug-likeness (QED) is 0.619. The van der Waals surface area contributed by atoms with Crippen LogP contribution in [0.25, 0.3) is 0 Å². The Hall–Kier alpha value is -3.95. The van der Waals surface area contributed by atoms with Crippen LogP contribution in [-0.2, 0) is 29.0 Å². The van der Waals surface area contributed by atoms with Crippen molar-refractivity contribution in [2.45, 2.75) is 38.1 Å². The number of carbonyl (C=O) groups excluding carboxylic acids is 3. The monoisotopic (exact) mass is 482 g/mol. The molecule has 1 atom stereocenters. The van der Waals surface area contributed by atoms with Crippen LogP contribution in [0.1, 0.15) is 41.0 Å². The molecular formula is C25H27FN4O5. The molecule has 35 heavy (non-hydrogen) atoms. The molecule has 0 radical (unpaired) electrons. The first kappa shape index (κ1) is 24.2. The van der Waals surface area contributed by atoms with Gasteiger partial charge in [0.25, 0.3) is 0 Å². The largest absolute Gasteiger partial charge is 0.465 e. The van der Waals surface area contributed by atoms with Crippen LogP contribution in [0.4, 0.5) is 19.7 Å². The summed E-state index contributed by atoms with van der Waals surface area (Å²) in [4.78, 5) is 51.9. The van der Waals surface area contributed by atoms with Crippen LogP contribution in [0.2, 0.25) is 0 Å². The molecule has 0 aromatic heterocycles. The molecule has 5 amide bonds. The van der Waals surface area contributed by atoms with E-state index in [1.54, 1.807) is 24.3 Å². The van der Waals surface area contributed by atoms with Crippen molar-refractivity contribution in [3.05, 3.63) is 64.5 Å². The average Bonchev–Trinajstić information content (AvgIpc) is 3.13. The average molecular weight is 483 g/mol. The third-order valence-corrected chi connectivity index (χ3v) is 6.55. The Balaban J connectivity index is 1.47. The molecule has 4 rings (SSSR count). The van der Waals surface area contributed by atoms with E-state index in [4.69, 9.17) is 0 Å². The van der Waals surface area contributed by atoms with Gasteiger partial charge in [0.05, 0.1) is 5.92 Å². The minimum absolute atomic E-state index is 0.240. The SMILES string of the molecule is CNC(=O)Nc1ccc2c(c1)CCC2C(=O)N(CC(=O)N1CCCc2cc(F)ccc2C1)C(=O)O. The molecule has 1 unspecified atom stereocenters. The van der Waals surface area contributed by atoms with Gasteiger partial charge in [0.15, 0.2) is 0 Å². The molecule has 1 aliphatic heterocycles. The fourth-order valence-electron chi connectivity index (χ4n) is 4.75. The Morgan fingerprint density at radius 1 is 1.09 bits per heavy atom. The molecule has 0 spiro atoms. The fraction of sp³-hybridized carbons (Fsp3) is 0.360. The van der Waals surface area contributed by atoms with Crippen LogP contribution in [0.3, 0.4) is 0 Å². The summed E-state index contributed by atoms with van der Waals surface area (Å²) in [5.41, 5.74) is 3.77. The van der Waals surface area contributed by atoms with Crippen molar-refractivity contribution >= 4 is 29.6 Å². The molecule has 0 saturated heterocycles. The zero-order chi connectivity index (χ0) is 25.1. The fourth-order valence-corrected chi connectivity index (χ4v) is 4.75. The first-order valence-electron chi connectivity index (χ1n) is 11.5. The Morgan fingerprint density at radius 2 is 1.89 bits per heavy atom. The summed E-state index contributed by atoms with van der Waals surface area (Å²) in [7, 11) is 1.50. The van der Waals surface area contributed by atoms with Gasteiger partial charge in [-0.3, -0.25) is 9.59 Å². The van der Waals surface area contributed by atoms with Crippen LogP contribution < -0.4 is 10.6 Å². The third-order valence-electron chi connectivity index (χ3n) is 6.55. The maximum atomic E-state index is 13.6. The van der Waals surface area contributed by atoms with E-state index >= 15 is 0 Å². The number of hydrogen-bond donors (Lipinski definition) is 3. The lowest BCUT2D eigenvalue weighted by molar-refractivity contribution is -0.140. The lowest BCUT2D eigenvalue weighted by Gasteiger charge is -2.26. The highest BCUT2D eigenvalue weighted by atomic mass is 19.1. The summed E-state index contributed by atoms with van der Waals surface area (Å²) in [5.74, 6) is -2.13. The number of halogens is 1. The molecular weight excluding hydrogens is 455 g/mol. The Kier molecular flexibility index (Phi) is 6.99. The van der Waals surface area contributed by atoms with E-state index in [1.807, 2.05) is 0 Å². The van der Waals surface area contributed by atoms with Gasteiger partial charge in [-0.25, -0.2) is 18.9 Å². The van der Waals surface area contributed by atoms with E-state index in [0.717, 1.165) is 16.7 Å². The van der Waals surface area contributed by atoms with Gasteiger partial charge in [0, 0.05) is 25.8 Å². The van der Waals surface area contributed by atoms with E-state index in [9.17, 15) is 28.7 Å². The number of rotatable bonds is 4. The van der Waals surface area contributed by atoms with Gasteiger partial charge in [-0.15, -0.1) is 0 Å². The summed E-state index contributed by atoms with van der Waals surface area (Å²) in [5, 5.41) is 14.9. The number of amides is 5. The third kappa shape index (κ3) is 5.26. The summed E-state index contributed by atoms with van der Waals surface area (Å²) in [6.45, 7) is 0.0560. The summed E-state index contributed by atoms with van der Waals surface area (Å²) >= 11 is 0. The van der Waals surface area contributed by atoms with Gasteiger partial charge in [-0.2, -0.15) is 0 Å². The number of nitrogens with one attached hydrogen (secondary N) is 2. The van der Waals surface area contributed by atoms with Crippen LogP contribution in [0, 0.1) is 5.82 Å². The molecule has 0 fully saturated rings. The molecule has 2 aromatic rings. The number of carboxylic acid groups (broad SMARTS) is 1. The Bertz CT molecular complexity index is 1180. The Labute approximate surface area is 201 Å². The van der Waals surface area contributed by atoms with Gasteiger partial charge in [-0.05, 0) is 72.2 Å². The molecule has 0 bridgehead atoms. The number of nitrogens with zero attached hydrogens (tertiary/aromatic N) is 2. The normalized spacial score (nSPS) is 16.5. The number of fused-ring (bicyclic) bond motifs is 2. The molecule has 3 N–H and O–H groups in total. The highest BCUT2D eigenvalue weighted by Gasteiger charge is 2.36. The van der Waals surface area contributed by atoms with Crippen molar-refractivity contribution in [1.29, 1.82) is 0 Å². The second kappa shape index (κ2) is 10.1. The van der Waals surface area contributed by atoms with E-state index in [0.29, 0.717) is 48.4 Å². The van der Waals surface area contributed by atoms with Crippen molar-refractivity contribution in [3.63, 3.8) is 0 Å². The molecule has 1 heterocycles. The summed E-state index contributed by atoms with van der Waals surface area (Å²) in [6.07, 6.45) is 0.723. The lowest BCUT2D eigenvalue weighted by Crippen LogP contribution is -2.46. The van der Waals surface area contributed by atoms with E-state index in [2.05, 4.69) is 10.6 Å². The standard InChI is InChI=1S/C25H27FN4O5/c1-27-24(33)28-19-7-9-20-16(12-19)5-8-21(20)23(32)30(25(34)35)14-22(31)29-10-2-3-15-11-18(26)6-4-17(15)13-29/h4,6-7,9,11-12,21H,2-3,5,8,10,13-14H2,1H3,(H,34,35)(H2,27,28,33). The summed E-state index contributed by atoms with van der Waals surface area (Å²) < 4.78 is 13.6. The first-order valence-corrected chi connectivity index (χ1v) is 11.5. The maximum absolute atomic E-state index is 13.6. The van der Waals surface area contributed by atoms with Crippen LogP contribution in [0.5, 0.6) is 0 Å². The maximum Gasteiger partial charge on any atom is 0.414 e. The van der Waals surface area contributed by atoms with Gasteiger partial charge >= 0.3 is 12.1 Å². The number of hydrogen-bond acceptors (Lipinski definition) is 4. The number of imide groups is 1. The molecule has 184 valence electrons. The van der Waals surface area contributed by atoms with Crippen molar-refractivity contribution in [1.82, 2.24) is 15.1 Å². The number of benzene rings is 2. The number of carbonyl (C=O) groups is 4. The summed E-state index contributed by atoms with van der Waals surface area (Å²) in [6, 6.07) is 9.21. The number of urea groups is 1. The predicted octanol–water partition coefficient (Wildman–Crippen LogP) is 3.09. The van der Waals surface area contributed by atoms with E-state index in [-0.39, 0.29) is 18.4 Å². The van der Waals surface area contributed by atoms with Gasteiger partial charge in [0.2, 0.25) is 11.8 Å². The second-order valence-electron chi connectivity index (χ2n) is 8.75. The number of anilines is 1.